The summed E-state index contributed by atoms with van der Waals surface area (Å²) < 4.78 is 23.4. The highest BCUT2D eigenvalue weighted by atomic mass is 32.3. The molecule has 0 aromatic rings. The van der Waals surface area contributed by atoms with E-state index in [4.69, 9.17) is 5.11 Å². The molecule has 2 atom stereocenters. The molecule has 72 valence electrons. The van der Waals surface area contributed by atoms with Crippen LogP contribution in [0.5, 0.6) is 0 Å². The molecule has 1 aliphatic rings. The van der Waals surface area contributed by atoms with Gasteiger partial charge in [0.05, 0.1) is 6.10 Å². The number of hydrogen-bond donors (Lipinski definition) is 2. The SMILES string of the molecule is CC(S)S(=O)(=O)N1CC[C@@H](O)C1. The van der Waals surface area contributed by atoms with Gasteiger partial charge < -0.3 is 5.11 Å². The molecule has 0 bridgehead atoms. The van der Waals surface area contributed by atoms with E-state index in [2.05, 4.69) is 12.6 Å². The number of thiol groups is 1. The maximum atomic E-state index is 11.4. The summed E-state index contributed by atoms with van der Waals surface area (Å²) in [7, 11) is -3.27. The zero-order valence-corrected chi connectivity index (χ0v) is 8.55. The van der Waals surface area contributed by atoms with E-state index in [-0.39, 0.29) is 6.54 Å². The van der Waals surface area contributed by atoms with Crippen LogP contribution in [0.15, 0.2) is 0 Å². The number of aliphatic hydroxyl groups excluding tert-OH is 1. The van der Waals surface area contributed by atoms with Crippen molar-refractivity contribution in [2.24, 2.45) is 0 Å². The highest BCUT2D eigenvalue weighted by molar-refractivity contribution is 8.03. The number of aliphatic hydroxyl groups is 1. The highest BCUT2D eigenvalue weighted by Gasteiger charge is 2.32. The van der Waals surface area contributed by atoms with Crippen molar-refractivity contribution < 1.29 is 13.5 Å². The van der Waals surface area contributed by atoms with E-state index in [0.29, 0.717) is 13.0 Å². The van der Waals surface area contributed by atoms with Crippen LogP contribution in [-0.4, -0.2) is 41.6 Å². The van der Waals surface area contributed by atoms with E-state index in [1.165, 1.54) is 11.2 Å². The van der Waals surface area contributed by atoms with E-state index in [1.54, 1.807) is 0 Å². The minimum atomic E-state index is -3.27. The number of rotatable bonds is 2. The molecule has 0 spiro atoms. The van der Waals surface area contributed by atoms with Crippen LogP contribution in [0, 0.1) is 0 Å². The molecule has 4 nitrogen and oxygen atoms in total. The lowest BCUT2D eigenvalue weighted by atomic mass is 10.3. The van der Waals surface area contributed by atoms with Gasteiger partial charge in [-0.1, -0.05) is 0 Å². The molecule has 12 heavy (non-hydrogen) atoms. The van der Waals surface area contributed by atoms with Gasteiger partial charge in [0.25, 0.3) is 0 Å². The molecule has 1 heterocycles. The summed E-state index contributed by atoms with van der Waals surface area (Å²) in [6, 6.07) is 0. The lowest BCUT2D eigenvalue weighted by Gasteiger charge is -2.17. The van der Waals surface area contributed by atoms with Gasteiger partial charge in [0.2, 0.25) is 10.0 Å². The summed E-state index contributed by atoms with van der Waals surface area (Å²) in [4.78, 5) is 0. The fourth-order valence-corrected chi connectivity index (χ4v) is 2.73. The third-order valence-corrected chi connectivity index (χ3v) is 4.63. The zero-order chi connectivity index (χ0) is 9.35. The van der Waals surface area contributed by atoms with Gasteiger partial charge in [-0.05, 0) is 13.3 Å². The first-order chi connectivity index (χ1) is 5.44. The molecule has 0 aliphatic carbocycles. The monoisotopic (exact) mass is 211 g/mol. The van der Waals surface area contributed by atoms with Crippen molar-refractivity contribution in [3.63, 3.8) is 0 Å². The minimum Gasteiger partial charge on any atom is -0.392 e. The molecule has 0 radical (unpaired) electrons. The summed E-state index contributed by atoms with van der Waals surface area (Å²) >= 11 is 3.87. The number of sulfonamides is 1. The maximum absolute atomic E-state index is 11.4. The minimum absolute atomic E-state index is 0.216. The van der Waals surface area contributed by atoms with Crippen molar-refractivity contribution in [3.8, 4) is 0 Å². The van der Waals surface area contributed by atoms with Gasteiger partial charge in [-0.2, -0.15) is 16.9 Å². The summed E-state index contributed by atoms with van der Waals surface area (Å²) in [5, 5.41) is 9.11. The van der Waals surface area contributed by atoms with Crippen LogP contribution in [-0.2, 0) is 10.0 Å². The molecule has 1 saturated heterocycles. The second-order valence-electron chi connectivity index (χ2n) is 2.94. The second kappa shape index (κ2) is 3.53. The van der Waals surface area contributed by atoms with Gasteiger partial charge in [0, 0.05) is 13.1 Å². The fraction of sp³-hybridized carbons (Fsp3) is 1.00. The van der Waals surface area contributed by atoms with Crippen LogP contribution in [0.3, 0.4) is 0 Å². The van der Waals surface area contributed by atoms with Crippen molar-refractivity contribution in [3.05, 3.63) is 0 Å². The van der Waals surface area contributed by atoms with Crippen LogP contribution < -0.4 is 0 Å². The Balaban J connectivity index is 2.71. The molecule has 1 rings (SSSR count). The van der Waals surface area contributed by atoms with Gasteiger partial charge in [0.1, 0.15) is 4.58 Å². The molecule has 1 fully saturated rings. The van der Waals surface area contributed by atoms with E-state index in [0.717, 1.165) is 0 Å². The third-order valence-electron chi connectivity index (χ3n) is 1.92. The summed E-state index contributed by atoms with van der Waals surface area (Å²) in [5.74, 6) is 0. The van der Waals surface area contributed by atoms with Crippen LogP contribution in [0.4, 0.5) is 0 Å². The van der Waals surface area contributed by atoms with Crippen LogP contribution in [0.1, 0.15) is 13.3 Å². The van der Waals surface area contributed by atoms with Gasteiger partial charge in [0.15, 0.2) is 0 Å². The van der Waals surface area contributed by atoms with Gasteiger partial charge in [-0.3, -0.25) is 0 Å². The molecule has 0 amide bonds. The Morgan fingerprint density at radius 1 is 1.67 bits per heavy atom. The summed E-state index contributed by atoms with van der Waals surface area (Å²) in [6.45, 7) is 2.14. The molecular formula is C6H13NO3S2. The fourth-order valence-electron chi connectivity index (χ4n) is 1.16. The number of nitrogens with zero attached hydrogens (tertiary/aromatic N) is 1. The Morgan fingerprint density at radius 3 is 2.58 bits per heavy atom. The standard InChI is InChI=1S/C6H13NO3S2/c1-5(11)12(9,10)7-3-2-6(8)4-7/h5-6,8,11H,2-4H2,1H3/t5?,6-/m1/s1. The summed E-state index contributed by atoms with van der Waals surface area (Å²) in [6.07, 6.45) is 0.0200. The lowest BCUT2D eigenvalue weighted by Crippen LogP contribution is -2.34. The average molecular weight is 211 g/mol. The molecule has 0 aromatic carbocycles. The Kier molecular flexibility index (Phi) is 3.03. The van der Waals surface area contributed by atoms with Crippen molar-refractivity contribution in [1.29, 1.82) is 0 Å². The predicted molar refractivity (Wildman–Crippen MR) is 49.6 cm³/mol. The zero-order valence-electron chi connectivity index (χ0n) is 6.84. The van der Waals surface area contributed by atoms with Crippen molar-refractivity contribution in [1.82, 2.24) is 4.31 Å². The van der Waals surface area contributed by atoms with Crippen LogP contribution in [0.2, 0.25) is 0 Å². The Bertz CT molecular complexity index is 250. The topological polar surface area (TPSA) is 57.6 Å². The van der Waals surface area contributed by atoms with Gasteiger partial charge in [-0.15, -0.1) is 0 Å². The Labute approximate surface area is 78.0 Å². The van der Waals surface area contributed by atoms with E-state index in [9.17, 15) is 8.42 Å². The van der Waals surface area contributed by atoms with E-state index < -0.39 is 20.7 Å². The van der Waals surface area contributed by atoms with Gasteiger partial charge >= 0.3 is 0 Å². The first kappa shape index (κ1) is 10.3. The third kappa shape index (κ3) is 1.93. The molecule has 0 saturated carbocycles. The quantitative estimate of drug-likeness (QED) is 0.614. The highest BCUT2D eigenvalue weighted by Crippen LogP contribution is 2.18. The lowest BCUT2D eigenvalue weighted by molar-refractivity contribution is 0.189. The molecule has 0 aromatic heterocycles. The molecule has 1 N–H and O–H groups in total. The van der Waals surface area contributed by atoms with Crippen molar-refractivity contribution >= 4 is 22.7 Å². The van der Waals surface area contributed by atoms with Crippen molar-refractivity contribution in [2.45, 2.75) is 24.0 Å². The molecule has 6 heteroatoms. The smallest absolute Gasteiger partial charge is 0.225 e. The Hall–Kier alpha value is 0.220. The predicted octanol–water partition coefficient (Wildman–Crippen LogP) is -0.341. The second-order valence-corrected chi connectivity index (χ2v) is 6.32. The Morgan fingerprint density at radius 2 is 2.25 bits per heavy atom. The maximum Gasteiger partial charge on any atom is 0.225 e. The van der Waals surface area contributed by atoms with Crippen molar-refractivity contribution in [2.75, 3.05) is 13.1 Å². The first-order valence-corrected chi connectivity index (χ1v) is 5.81. The van der Waals surface area contributed by atoms with Gasteiger partial charge in [-0.25, -0.2) is 8.42 Å². The molecular weight excluding hydrogens is 198 g/mol. The van der Waals surface area contributed by atoms with Crippen LogP contribution in [0.25, 0.3) is 0 Å². The largest absolute Gasteiger partial charge is 0.392 e. The number of hydrogen-bond acceptors (Lipinski definition) is 4. The molecule has 1 unspecified atom stereocenters. The number of β-amino-alcohol motifs (C(OH)–C–C–N with tert-alkyl or cyclic N) is 1. The first-order valence-electron chi connectivity index (χ1n) is 3.79. The molecule has 1 aliphatic heterocycles. The van der Waals surface area contributed by atoms with E-state index >= 15 is 0 Å². The van der Waals surface area contributed by atoms with Crippen LogP contribution >= 0.6 is 12.6 Å². The average Bonchev–Trinajstić information content (AvgIpc) is 2.35. The summed E-state index contributed by atoms with van der Waals surface area (Å²) in [5.41, 5.74) is 0. The van der Waals surface area contributed by atoms with E-state index in [1.807, 2.05) is 0 Å². The normalized spacial score (nSPS) is 29.1.